The van der Waals surface area contributed by atoms with Gasteiger partial charge in [-0.05, 0) is 29.8 Å². The van der Waals surface area contributed by atoms with Gasteiger partial charge >= 0.3 is 0 Å². The number of anilines is 1. The molecule has 3 aromatic rings. The van der Waals surface area contributed by atoms with Crippen LogP contribution in [0.4, 0.5) is 5.69 Å². The van der Waals surface area contributed by atoms with E-state index >= 15 is 0 Å². The molecule has 2 N–H and O–H groups in total. The normalized spacial score (nSPS) is 14.8. The van der Waals surface area contributed by atoms with Crippen molar-refractivity contribution in [2.75, 3.05) is 25.6 Å². The Morgan fingerprint density at radius 3 is 2.78 bits per heavy atom. The highest BCUT2D eigenvalue weighted by Gasteiger charge is 2.28. The first-order chi connectivity index (χ1) is 12.8. The zero-order valence-electron chi connectivity index (χ0n) is 15.0. The zero-order valence-corrected chi connectivity index (χ0v) is 15.8. The van der Waals surface area contributed by atoms with Crippen molar-refractivity contribution >= 4 is 26.7 Å². The molecule has 0 spiro atoms. The summed E-state index contributed by atoms with van der Waals surface area (Å²) in [6, 6.07) is 12.2. The van der Waals surface area contributed by atoms with Crippen molar-refractivity contribution < 1.29 is 22.7 Å². The van der Waals surface area contributed by atoms with Crippen LogP contribution >= 0.6 is 0 Å². The van der Waals surface area contributed by atoms with E-state index in [4.69, 9.17) is 9.15 Å². The van der Waals surface area contributed by atoms with Crippen molar-refractivity contribution in [1.29, 1.82) is 0 Å². The molecule has 0 aliphatic carbocycles. The van der Waals surface area contributed by atoms with Crippen LogP contribution in [0.5, 0.6) is 5.75 Å². The predicted molar refractivity (Wildman–Crippen MR) is 101 cm³/mol. The Morgan fingerprint density at radius 1 is 1.19 bits per heavy atom. The summed E-state index contributed by atoms with van der Waals surface area (Å²) in [5, 5.41) is 11.2. The first-order valence-electron chi connectivity index (χ1n) is 8.51. The van der Waals surface area contributed by atoms with Gasteiger partial charge in [-0.1, -0.05) is 12.1 Å². The third kappa shape index (κ3) is 3.27. The molecule has 1 unspecified atom stereocenters. The molecule has 0 saturated heterocycles. The van der Waals surface area contributed by atoms with Gasteiger partial charge in [0.25, 0.3) is 0 Å². The molecular formula is C19H20N2O5S. The second-order valence-electron chi connectivity index (χ2n) is 6.63. The van der Waals surface area contributed by atoms with Gasteiger partial charge in [0.05, 0.1) is 6.61 Å². The van der Waals surface area contributed by atoms with Crippen LogP contribution in [-0.2, 0) is 16.4 Å². The number of nitrogens with zero attached hydrogens (tertiary/aromatic N) is 1. The molecule has 4 rings (SSSR count). The van der Waals surface area contributed by atoms with Crippen molar-refractivity contribution in [3.8, 4) is 5.75 Å². The van der Waals surface area contributed by atoms with Gasteiger partial charge in [-0.3, -0.25) is 0 Å². The summed E-state index contributed by atoms with van der Waals surface area (Å²) < 4.78 is 38.8. The molecule has 0 radical (unpaired) electrons. The molecule has 1 aromatic heterocycles. The number of benzene rings is 2. The second kappa shape index (κ2) is 6.56. The molecule has 0 saturated carbocycles. The average molecular weight is 388 g/mol. The van der Waals surface area contributed by atoms with Gasteiger partial charge in [0.2, 0.25) is 10.0 Å². The molecule has 0 fully saturated rings. The Hall–Kier alpha value is -2.55. The summed E-state index contributed by atoms with van der Waals surface area (Å²) in [4.78, 5) is 1.94. The summed E-state index contributed by atoms with van der Waals surface area (Å²) in [6.45, 7) is 0.447. The minimum absolute atomic E-state index is 0.0163. The fourth-order valence-electron chi connectivity index (χ4n) is 3.12. The largest absolute Gasteiger partial charge is 0.492 e. The summed E-state index contributed by atoms with van der Waals surface area (Å²) in [7, 11) is -0.163. The summed E-state index contributed by atoms with van der Waals surface area (Å²) in [5.41, 5.74) is 2.35. The number of hydrogen-bond donors (Lipinski definition) is 2. The summed E-state index contributed by atoms with van der Waals surface area (Å²) in [6.07, 6.45) is -0.846. The Labute approximate surface area is 157 Å². The Balaban J connectivity index is 1.63. The quantitative estimate of drug-likeness (QED) is 0.652. The number of fused-ring (bicyclic) bond motifs is 2. The standard InChI is InChI=1S/C19H20N2O5S/c1-21(2)14-7-6-13-10-16(26-15(13)11-14)19(22)20-27(23,24)17-5-3-4-12-8-9-25-18(12)17/h3-7,10-11,19-20,22H,8-9H2,1-2H3. The third-order valence-electron chi connectivity index (χ3n) is 4.54. The topological polar surface area (TPSA) is 92.0 Å². The third-order valence-corrected chi connectivity index (χ3v) is 5.98. The first kappa shape index (κ1) is 17.8. The lowest BCUT2D eigenvalue weighted by atomic mass is 10.2. The van der Waals surface area contributed by atoms with E-state index in [0.717, 1.165) is 16.6 Å². The Kier molecular flexibility index (Phi) is 4.33. The minimum Gasteiger partial charge on any atom is -0.492 e. The highest BCUT2D eigenvalue weighted by Crippen LogP contribution is 2.33. The lowest BCUT2D eigenvalue weighted by Crippen LogP contribution is -2.28. The summed E-state index contributed by atoms with van der Waals surface area (Å²) >= 11 is 0. The maximum absolute atomic E-state index is 12.7. The van der Waals surface area contributed by atoms with E-state index in [1.165, 1.54) is 6.07 Å². The monoisotopic (exact) mass is 388 g/mol. The molecule has 2 heterocycles. The van der Waals surface area contributed by atoms with Gasteiger partial charge in [-0.2, -0.15) is 4.72 Å². The highest BCUT2D eigenvalue weighted by atomic mass is 32.2. The molecule has 7 nitrogen and oxygen atoms in total. The minimum atomic E-state index is -3.99. The van der Waals surface area contributed by atoms with E-state index < -0.39 is 16.3 Å². The van der Waals surface area contributed by atoms with E-state index in [1.807, 2.05) is 43.3 Å². The molecule has 1 atom stereocenters. The van der Waals surface area contributed by atoms with Crippen molar-refractivity contribution in [1.82, 2.24) is 4.72 Å². The lowest BCUT2D eigenvalue weighted by Gasteiger charge is -2.13. The maximum Gasteiger partial charge on any atom is 0.246 e. The number of rotatable bonds is 5. The number of para-hydroxylation sites is 1. The SMILES string of the molecule is CN(C)c1ccc2cc(C(O)NS(=O)(=O)c3cccc4c3OCC4)oc2c1. The molecule has 1 aliphatic heterocycles. The number of aliphatic hydroxyl groups excluding tert-OH is 1. The Bertz CT molecular complexity index is 1100. The molecule has 8 heteroatoms. The number of sulfonamides is 1. The van der Waals surface area contributed by atoms with Crippen LogP contribution in [-0.4, -0.2) is 34.2 Å². The molecule has 0 bridgehead atoms. The fraction of sp³-hybridized carbons (Fsp3) is 0.263. The molecule has 27 heavy (non-hydrogen) atoms. The van der Waals surface area contributed by atoms with E-state index in [0.29, 0.717) is 24.4 Å². The van der Waals surface area contributed by atoms with E-state index in [2.05, 4.69) is 4.72 Å². The Morgan fingerprint density at radius 2 is 2.00 bits per heavy atom. The van der Waals surface area contributed by atoms with Gasteiger partial charge in [0, 0.05) is 37.7 Å². The zero-order chi connectivity index (χ0) is 19.2. The molecular weight excluding hydrogens is 368 g/mol. The predicted octanol–water partition coefficient (Wildman–Crippen LogP) is 2.40. The van der Waals surface area contributed by atoms with Crippen molar-refractivity contribution in [3.63, 3.8) is 0 Å². The molecule has 142 valence electrons. The van der Waals surface area contributed by atoms with E-state index in [-0.39, 0.29) is 10.7 Å². The number of ether oxygens (including phenoxy) is 1. The smallest absolute Gasteiger partial charge is 0.246 e. The van der Waals surface area contributed by atoms with Gasteiger partial charge < -0.3 is 19.2 Å². The van der Waals surface area contributed by atoms with Crippen molar-refractivity contribution in [2.24, 2.45) is 0 Å². The van der Waals surface area contributed by atoms with Crippen LogP contribution < -0.4 is 14.4 Å². The van der Waals surface area contributed by atoms with Gasteiger partial charge in [-0.25, -0.2) is 8.42 Å². The van der Waals surface area contributed by atoms with Crippen LogP contribution in [0.15, 0.2) is 51.8 Å². The second-order valence-corrected chi connectivity index (χ2v) is 8.31. The van der Waals surface area contributed by atoms with Crippen LogP contribution in [0.2, 0.25) is 0 Å². The number of furan rings is 1. The summed E-state index contributed by atoms with van der Waals surface area (Å²) in [5.74, 6) is 0.468. The maximum atomic E-state index is 12.7. The van der Waals surface area contributed by atoms with Crippen LogP contribution in [0, 0.1) is 0 Å². The van der Waals surface area contributed by atoms with Crippen LogP contribution in [0.25, 0.3) is 11.0 Å². The lowest BCUT2D eigenvalue weighted by molar-refractivity contribution is 0.141. The molecule has 1 aliphatic rings. The van der Waals surface area contributed by atoms with E-state index in [1.54, 1.807) is 12.1 Å². The number of nitrogens with one attached hydrogen (secondary N) is 1. The van der Waals surface area contributed by atoms with Crippen molar-refractivity contribution in [2.45, 2.75) is 17.5 Å². The molecule has 2 aromatic carbocycles. The van der Waals surface area contributed by atoms with Gasteiger partial charge in [0.15, 0.2) is 6.23 Å². The van der Waals surface area contributed by atoms with E-state index in [9.17, 15) is 13.5 Å². The van der Waals surface area contributed by atoms with Gasteiger partial charge in [0.1, 0.15) is 22.0 Å². The van der Waals surface area contributed by atoms with Crippen LogP contribution in [0.1, 0.15) is 17.6 Å². The fourth-order valence-corrected chi connectivity index (χ4v) is 4.35. The number of aliphatic hydroxyl groups is 1. The average Bonchev–Trinajstić information content (AvgIpc) is 3.26. The highest BCUT2D eigenvalue weighted by molar-refractivity contribution is 7.89. The van der Waals surface area contributed by atoms with Gasteiger partial charge in [-0.15, -0.1) is 0 Å². The van der Waals surface area contributed by atoms with Crippen molar-refractivity contribution in [3.05, 3.63) is 53.8 Å². The first-order valence-corrected chi connectivity index (χ1v) is 9.99. The van der Waals surface area contributed by atoms with Crippen LogP contribution in [0.3, 0.4) is 0 Å². The number of hydrogen-bond acceptors (Lipinski definition) is 6. The molecule has 0 amide bonds.